The molecule has 0 unspecified atom stereocenters. The van der Waals surface area contributed by atoms with Crippen molar-refractivity contribution in [1.82, 2.24) is 0 Å². The van der Waals surface area contributed by atoms with Crippen LogP contribution in [0.3, 0.4) is 0 Å². The van der Waals surface area contributed by atoms with Crippen LogP contribution in [0.4, 0.5) is 0 Å². The van der Waals surface area contributed by atoms with Crippen molar-refractivity contribution in [3.8, 4) is 10.6 Å². The van der Waals surface area contributed by atoms with E-state index in [0.717, 1.165) is 26.8 Å². The van der Waals surface area contributed by atoms with Gasteiger partial charge in [0.15, 0.2) is 0 Å². The Kier molecular flexibility index (Phi) is 3.54. The molecule has 0 aromatic carbocycles. The topological polar surface area (TPSA) is 39.2 Å². The average molecular weight is 310 g/mol. The Bertz CT molecular complexity index is 576. The van der Waals surface area contributed by atoms with Gasteiger partial charge in [0, 0.05) is 4.88 Å². The number of rotatable bonds is 3. The van der Waals surface area contributed by atoms with E-state index in [9.17, 15) is 0 Å². The summed E-state index contributed by atoms with van der Waals surface area (Å²) in [5.41, 5.74) is 6.44. The summed E-state index contributed by atoms with van der Waals surface area (Å²) < 4.78 is 6.15. The minimum Gasteiger partial charge on any atom is -0.461 e. The predicted molar refractivity (Wildman–Crippen MR) is 77.0 cm³/mol. The molecule has 2 aromatic heterocycles. The van der Waals surface area contributed by atoms with Crippen molar-refractivity contribution in [3.63, 3.8) is 0 Å². The van der Waals surface area contributed by atoms with E-state index in [1.54, 1.807) is 17.4 Å². The molecule has 0 amide bonds. The molecule has 2 rings (SSSR count). The molecular formula is C13H12BrNOS. The predicted octanol–water partition coefficient (Wildman–Crippen LogP) is 4.52. The van der Waals surface area contributed by atoms with Gasteiger partial charge < -0.3 is 10.2 Å². The van der Waals surface area contributed by atoms with Gasteiger partial charge in [0.05, 0.1) is 9.48 Å². The maximum absolute atomic E-state index is 5.58. The molecule has 0 aliphatic heterocycles. The van der Waals surface area contributed by atoms with Crippen LogP contribution in [-0.4, -0.2) is 0 Å². The van der Waals surface area contributed by atoms with E-state index in [-0.39, 0.29) is 0 Å². The Morgan fingerprint density at radius 2 is 2.18 bits per heavy atom. The summed E-state index contributed by atoms with van der Waals surface area (Å²) in [6.07, 6.45) is 1.79. The lowest BCUT2D eigenvalue weighted by Gasteiger charge is -1.95. The first kappa shape index (κ1) is 12.2. The van der Waals surface area contributed by atoms with Gasteiger partial charge in [0.25, 0.3) is 0 Å². The van der Waals surface area contributed by atoms with Gasteiger partial charge >= 0.3 is 0 Å². The Hall–Kier alpha value is -1.26. The third-order valence-electron chi connectivity index (χ3n) is 2.22. The Labute approximate surface area is 113 Å². The Morgan fingerprint density at radius 3 is 2.76 bits per heavy atom. The number of halogens is 1. The summed E-state index contributed by atoms with van der Waals surface area (Å²) in [5.74, 6) is 1.81. The van der Waals surface area contributed by atoms with E-state index < -0.39 is 0 Å². The lowest BCUT2D eigenvalue weighted by atomic mass is 10.2. The van der Waals surface area contributed by atoms with Crippen LogP contribution in [0.5, 0.6) is 0 Å². The van der Waals surface area contributed by atoms with Crippen LogP contribution >= 0.6 is 27.3 Å². The first-order chi connectivity index (χ1) is 8.06. The highest BCUT2D eigenvalue weighted by Crippen LogP contribution is 2.33. The molecule has 0 fully saturated rings. The van der Waals surface area contributed by atoms with Crippen LogP contribution < -0.4 is 5.73 Å². The van der Waals surface area contributed by atoms with Gasteiger partial charge in [-0.25, -0.2) is 0 Å². The Balaban J connectivity index is 2.28. The average Bonchev–Trinajstić information content (AvgIpc) is 2.84. The van der Waals surface area contributed by atoms with Crippen LogP contribution in [0.1, 0.15) is 10.6 Å². The molecule has 2 N–H and O–H groups in total. The van der Waals surface area contributed by atoms with E-state index in [4.69, 9.17) is 10.2 Å². The fraction of sp³-hybridized carbons (Fsp3) is 0.0769. The van der Waals surface area contributed by atoms with Crippen LogP contribution in [0.15, 0.2) is 45.9 Å². The van der Waals surface area contributed by atoms with Gasteiger partial charge in [-0.3, -0.25) is 0 Å². The standard InChI is InChI=1S/C13H12BrNOS/c1-8(7-13(14)15)11-5-6-12(17-11)10-4-3-9(2)16-10/h3-7H,1,15H2,2H3/b13-7-. The zero-order chi connectivity index (χ0) is 12.4. The van der Waals surface area contributed by atoms with Crippen LogP contribution in [0.25, 0.3) is 16.2 Å². The number of hydrogen-bond acceptors (Lipinski definition) is 3. The lowest BCUT2D eigenvalue weighted by Crippen LogP contribution is -1.86. The zero-order valence-corrected chi connectivity index (χ0v) is 11.8. The van der Waals surface area contributed by atoms with Crippen molar-refractivity contribution >= 4 is 32.8 Å². The second-order valence-corrected chi connectivity index (χ2v) is 5.63. The largest absolute Gasteiger partial charge is 0.461 e. The van der Waals surface area contributed by atoms with E-state index in [1.807, 2.05) is 31.2 Å². The molecule has 0 radical (unpaired) electrons. The molecule has 4 heteroatoms. The first-order valence-electron chi connectivity index (χ1n) is 5.05. The summed E-state index contributed by atoms with van der Waals surface area (Å²) in [7, 11) is 0. The second-order valence-electron chi connectivity index (χ2n) is 3.63. The molecular weight excluding hydrogens is 298 g/mol. The molecule has 2 heterocycles. The number of nitrogens with two attached hydrogens (primary N) is 1. The molecule has 0 bridgehead atoms. The monoisotopic (exact) mass is 309 g/mol. The number of hydrogen-bond donors (Lipinski definition) is 1. The number of aryl methyl sites for hydroxylation is 1. The molecule has 17 heavy (non-hydrogen) atoms. The van der Waals surface area contributed by atoms with Gasteiger partial charge in [-0.05, 0) is 58.8 Å². The third-order valence-corrected chi connectivity index (χ3v) is 3.62. The molecule has 2 aromatic rings. The fourth-order valence-electron chi connectivity index (χ4n) is 1.45. The molecule has 2 nitrogen and oxygen atoms in total. The minimum absolute atomic E-state index is 0.575. The van der Waals surface area contributed by atoms with E-state index in [0.29, 0.717) is 4.61 Å². The van der Waals surface area contributed by atoms with Crippen molar-refractivity contribution in [2.45, 2.75) is 6.92 Å². The molecule has 0 aliphatic rings. The van der Waals surface area contributed by atoms with Gasteiger partial charge in [0.1, 0.15) is 11.5 Å². The smallest absolute Gasteiger partial charge is 0.144 e. The molecule has 0 atom stereocenters. The maximum Gasteiger partial charge on any atom is 0.144 e. The van der Waals surface area contributed by atoms with E-state index in [2.05, 4.69) is 22.5 Å². The van der Waals surface area contributed by atoms with Crippen molar-refractivity contribution in [2.24, 2.45) is 5.73 Å². The quantitative estimate of drug-likeness (QED) is 0.668. The SMILES string of the molecule is C=C(/C=C(\N)Br)c1ccc(-c2ccc(C)o2)s1. The molecule has 88 valence electrons. The summed E-state index contributed by atoms with van der Waals surface area (Å²) in [5, 5.41) is 0. The van der Waals surface area contributed by atoms with Crippen LogP contribution in [-0.2, 0) is 0 Å². The number of furan rings is 1. The summed E-state index contributed by atoms with van der Waals surface area (Å²) in [4.78, 5) is 2.17. The maximum atomic E-state index is 5.58. The van der Waals surface area contributed by atoms with E-state index >= 15 is 0 Å². The van der Waals surface area contributed by atoms with Gasteiger partial charge in [-0.1, -0.05) is 6.58 Å². The Morgan fingerprint density at radius 1 is 1.41 bits per heavy atom. The summed E-state index contributed by atoms with van der Waals surface area (Å²) >= 11 is 4.83. The van der Waals surface area contributed by atoms with Crippen LogP contribution in [0, 0.1) is 6.92 Å². The van der Waals surface area contributed by atoms with E-state index in [1.165, 1.54) is 0 Å². The minimum atomic E-state index is 0.575. The molecule has 0 spiro atoms. The third kappa shape index (κ3) is 2.90. The summed E-state index contributed by atoms with van der Waals surface area (Å²) in [6.45, 7) is 5.91. The van der Waals surface area contributed by atoms with Crippen molar-refractivity contribution < 1.29 is 4.42 Å². The number of thiophene rings is 1. The van der Waals surface area contributed by atoms with Gasteiger partial charge in [-0.15, -0.1) is 11.3 Å². The van der Waals surface area contributed by atoms with Crippen LogP contribution in [0.2, 0.25) is 0 Å². The highest BCUT2D eigenvalue weighted by Gasteiger charge is 2.07. The van der Waals surface area contributed by atoms with Crippen molar-refractivity contribution in [3.05, 3.63) is 52.2 Å². The highest BCUT2D eigenvalue weighted by atomic mass is 79.9. The normalized spacial score (nSPS) is 11.8. The zero-order valence-electron chi connectivity index (χ0n) is 9.37. The summed E-state index contributed by atoms with van der Waals surface area (Å²) in [6, 6.07) is 7.98. The lowest BCUT2D eigenvalue weighted by molar-refractivity contribution is 0.549. The van der Waals surface area contributed by atoms with Gasteiger partial charge in [0.2, 0.25) is 0 Å². The van der Waals surface area contributed by atoms with Gasteiger partial charge in [-0.2, -0.15) is 0 Å². The van der Waals surface area contributed by atoms with Crippen molar-refractivity contribution in [1.29, 1.82) is 0 Å². The highest BCUT2D eigenvalue weighted by molar-refractivity contribution is 9.11. The molecule has 0 aliphatic carbocycles. The number of allylic oxidation sites excluding steroid dienone is 2. The first-order valence-corrected chi connectivity index (χ1v) is 6.66. The van der Waals surface area contributed by atoms with Crippen molar-refractivity contribution in [2.75, 3.05) is 0 Å². The molecule has 0 saturated carbocycles. The molecule has 0 saturated heterocycles. The second kappa shape index (κ2) is 4.94. The fourth-order valence-corrected chi connectivity index (χ4v) is 2.63.